The Labute approximate surface area is 150 Å². The number of rotatable bonds is 4. The van der Waals surface area contributed by atoms with Crippen molar-refractivity contribution in [3.8, 4) is 0 Å². The van der Waals surface area contributed by atoms with Crippen molar-refractivity contribution in [3.63, 3.8) is 0 Å². The van der Waals surface area contributed by atoms with Gasteiger partial charge in [0, 0.05) is 18.4 Å². The summed E-state index contributed by atoms with van der Waals surface area (Å²) in [7, 11) is 0. The molecule has 1 aromatic heterocycles. The van der Waals surface area contributed by atoms with Crippen molar-refractivity contribution in [2.24, 2.45) is 0 Å². The van der Waals surface area contributed by atoms with Crippen LogP contribution in [0.4, 0.5) is 10.5 Å². The highest BCUT2D eigenvalue weighted by Crippen LogP contribution is 2.35. The number of benzene rings is 1. The average Bonchev–Trinajstić information content (AvgIpc) is 3.19. The lowest BCUT2D eigenvalue weighted by Crippen LogP contribution is -2.44. The summed E-state index contributed by atoms with van der Waals surface area (Å²) >= 11 is 0. The summed E-state index contributed by atoms with van der Waals surface area (Å²) in [5.74, 6) is -0.449. The molecule has 7 heteroatoms. The van der Waals surface area contributed by atoms with E-state index in [0.717, 1.165) is 23.7 Å². The number of imide groups is 1. The van der Waals surface area contributed by atoms with E-state index in [4.69, 9.17) is 0 Å². The minimum absolute atomic E-state index is 0.0576. The lowest BCUT2D eigenvalue weighted by molar-refractivity contribution is -0.131. The SMILES string of the molecule is O=C(CCN1C(=O)NC2(CCCC2)C1=O)Nc1cnc2ccccc2c1. The predicted molar refractivity (Wildman–Crippen MR) is 96.4 cm³/mol. The van der Waals surface area contributed by atoms with Gasteiger partial charge in [0.05, 0.1) is 17.4 Å². The number of fused-ring (bicyclic) bond motifs is 1. The average molecular weight is 352 g/mol. The van der Waals surface area contributed by atoms with E-state index in [1.165, 1.54) is 4.90 Å². The normalized spacial score (nSPS) is 18.5. The van der Waals surface area contributed by atoms with Crippen molar-refractivity contribution in [3.05, 3.63) is 36.5 Å². The van der Waals surface area contributed by atoms with Crippen molar-refractivity contribution < 1.29 is 14.4 Å². The molecular weight excluding hydrogens is 332 g/mol. The number of amides is 4. The van der Waals surface area contributed by atoms with E-state index in [1.807, 2.05) is 30.3 Å². The maximum atomic E-state index is 12.6. The number of carbonyl (C=O) groups excluding carboxylic acids is 3. The van der Waals surface area contributed by atoms with E-state index in [0.29, 0.717) is 18.5 Å². The van der Waals surface area contributed by atoms with Gasteiger partial charge in [-0.15, -0.1) is 0 Å². The van der Waals surface area contributed by atoms with Crippen LogP contribution < -0.4 is 10.6 Å². The highest BCUT2D eigenvalue weighted by molar-refractivity contribution is 6.07. The smallest absolute Gasteiger partial charge is 0.325 e. The number of anilines is 1. The number of para-hydroxylation sites is 1. The van der Waals surface area contributed by atoms with Gasteiger partial charge in [-0.3, -0.25) is 19.5 Å². The van der Waals surface area contributed by atoms with Gasteiger partial charge >= 0.3 is 6.03 Å². The Balaban J connectivity index is 1.37. The summed E-state index contributed by atoms with van der Waals surface area (Å²) in [6.45, 7) is 0.0826. The van der Waals surface area contributed by atoms with Gasteiger partial charge in [0.1, 0.15) is 5.54 Å². The minimum Gasteiger partial charge on any atom is -0.325 e. The van der Waals surface area contributed by atoms with Gasteiger partial charge in [0.2, 0.25) is 5.91 Å². The lowest BCUT2D eigenvalue weighted by atomic mass is 9.98. The fraction of sp³-hybridized carbons (Fsp3) is 0.368. The fourth-order valence-electron chi connectivity index (χ4n) is 3.77. The summed E-state index contributed by atoms with van der Waals surface area (Å²) in [5.41, 5.74) is 0.723. The molecule has 2 aliphatic rings. The second-order valence-corrected chi connectivity index (χ2v) is 6.89. The summed E-state index contributed by atoms with van der Waals surface area (Å²) < 4.78 is 0. The molecule has 4 amide bonds. The van der Waals surface area contributed by atoms with Crippen molar-refractivity contribution in [2.45, 2.75) is 37.6 Å². The molecule has 26 heavy (non-hydrogen) atoms. The van der Waals surface area contributed by atoms with Gasteiger partial charge < -0.3 is 10.6 Å². The van der Waals surface area contributed by atoms with Crippen LogP contribution in [0.25, 0.3) is 10.9 Å². The first kappa shape index (κ1) is 16.5. The molecule has 4 rings (SSSR count). The third kappa shape index (κ3) is 2.89. The van der Waals surface area contributed by atoms with Crippen LogP contribution in [0.1, 0.15) is 32.1 Å². The largest absolute Gasteiger partial charge is 0.325 e. The van der Waals surface area contributed by atoms with E-state index in [2.05, 4.69) is 15.6 Å². The second kappa shape index (κ2) is 6.40. The molecule has 7 nitrogen and oxygen atoms in total. The van der Waals surface area contributed by atoms with E-state index >= 15 is 0 Å². The number of nitrogens with zero attached hydrogens (tertiary/aromatic N) is 2. The predicted octanol–water partition coefficient (Wildman–Crippen LogP) is 2.43. The third-order valence-corrected chi connectivity index (χ3v) is 5.14. The van der Waals surface area contributed by atoms with E-state index in [-0.39, 0.29) is 24.8 Å². The highest BCUT2D eigenvalue weighted by Gasteiger charge is 2.52. The number of nitrogens with one attached hydrogen (secondary N) is 2. The van der Waals surface area contributed by atoms with Crippen molar-refractivity contribution in [1.82, 2.24) is 15.2 Å². The van der Waals surface area contributed by atoms with Crippen LogP contribution in [-0.2, 0) is 9.59 Å². The Morgan fingerprint density at radius 1 is 1.23 bits per heavy atom. The Kier molecular flexibility index (Phi) is 4.06. The highest BCUT2D eigenvalue weighted by atomic mass is 16.2. The molecular formula is C19H20N4O3. The van der Waals surface area contributed by atoms with Crippen LogP contribution in [0.2, 0.25) is 0 Å². The molecule has 0 atom stereocenters. The Morgan fingerprint density at radius 3 is 2.81 bits per heavy atom. The Bertz CT molecular complexity index is 889. The van der Waals surface area contributed by atoms with Crippen molar-refractivity contribution in [2.75, 3.05) is 11.9 Å². The zero-order valence-corrected chi connectivity index (χ0v) is 14.3. The van der Waals surface area contributed by atoms with Crippen LogP contribution in [0.3, 0.4) is 0 Å². The van der Waals surface area contributed by atoms with Crippen LogP contribution in [-0.4, -0.2) is 39.8 Å². The first-order chi connectivity index (χ1) is 12.6. The second-order valence-electron chi connectivity index (χ2n) is 6.89. The first-order valence-corrected chi connectivity index (χ1v) is 8.86. The maximum absolute atomic E-state index is 12.6. The number of pyridine rings is 1. The molecule has 2 fully saturated rings. The number of aromatic nitrogens is 1. The molecule has 0 radical (unpaired) electrons. The fourth-order valence-corrected chi connectivity index (χ4v) is 3.77. The molecule has 2 aromatic rings. The van der Waals surface area contributed by atoms with Gasteiger partial charge in [-0.05, 0) is 25.0 Å². The Morgan fingerprint density at radius 2 is 2.00 bits per heavy atom. The zero-order chi connectivity index (χ0) is 18.1. The topological polar surface area (TPSA) is 91.4 Å². The molecule has 1 saturated heterocycles. The van der Waals surface area contributed by atoms with E-state index in [9.17, 15) is 14.4 Å². The molecule has 2 N–H and O–H groups in total. The number of urea groups is 1. The van der Waals surface area contributed by atoms with Gasteiger partial charge in [-0.1, -0.05) is 31.0 Å². The molecule has 0 unspecified atom stereocenters. The standard InChI is InChI=1S/C19H20N4O3/c24-16(21-14-11-13-5-1-2-6-15(13)20-12-14)7-10-23-17(25)19(22-18(23)26)8-3-4-9-19/h1-2,5-6,11-12H,3-4,7-10H2,(H,21,24)(H,22,26). The molecule has 1 spiro atoms. The lowest BCUT2D eigenvalue weighted by Gasteiger charge is -2.19. The van der Waals surface area contributed by atoms with Crippen LogP contribution in [0.5, 0.6) is 0 Å². The number of hydrogen-bond acceptors (Lipinski definition) is 4. The minimum atomic E-state index is -0.726. The molecule has 2 heterocycles. The van der Waals surface area contributed by atoms with Crippen molar-refractivity contribution in [1.29, 1.82) is 0 Å². The molecule has 1 saturated carbocycles. The van der Waals surface area contributed by atoms with Gasteiger partial charge in [0.15, 0.2) is 0 Å². The molecule has 0 bridgehead atoms. The molecule has 1 aromatic carbocycles. The summed E-state index contributed by atoms with van der Waals surface area (Å²) in [4.78, 5) is 42.4. The molecule has 1 aliphatic carbocycles. The number of carbonyl (C=O) groups is 3. The monoisotopic (exact) mass is 352 g/mol. The first-order valence-electron chi connectivity index (χ1n) is 8.86. The van der Waals surface area contributed by atoms with Crippen LogP contribution >= 0.6 is 0 Å². The molecule has 134 valence electrons. The van der Waals surface area contributed by atoms with Crippen molar-refractivity contribution >= 4 is 34.4 Å². The van der Waals surface area contributed by atoms with Gasteiger partial charge in [-0.25, -0.2) is 4.79 Å². The van der Waals surface area contributed by atoms with E-state index in [1.54, 1.807) is 6.20 Å². The van der Waals surface area contributed by atoms with Gasteiger partial charge in [0.25, 0.3) is 5.91 Å². The zero-order valence-electron chi connectivity index (χ0n) is 14.3. The van der Waals surface area contributed by atoms with Crippen LogP contribution in [0.15, 0.2) is 36.5 Å². The van der Waals surface area contributed by atoms with E-state index < -0.39 is 11.6 Å². The maximum Gasteiger partial charge on any atom is 0.325 e. The summed E-state index contributed by atoms with van der Waals surface area (Å²) in [5, 5.41) is 6.53. The molecule has 1 aliphatic heterocycles. The summed E-state index contributed by atoms with van der Waals surface area (Å²) in [6, 6.07) is 9.09. The van der Waals surface area contributed by atoms with Gasteiger partial charge in [-0.2, -0.15) is 0 Å². The quantitative estimate of drug-likeness (QED) is 0.827. The number of hydrogen-bond donors (Lipinski definition) is 2. The van der Waals surface area contributed by atoms with Crippen LogP contribution in [0, 0.1) is 0 Å². The summed E-state index contributed by atoms with van der Waals surface area (Å²) in [6.07, 6.45) is 4.90. The third-order valence-electron chi connectivity index (χ3n) is 5.14. The Hall–Kier alpha value is -2.96.